The molecule has 0 radical (unpaired) electrons. The Morgan fingerprint density at radius 3 is 2.70 bits per heavy atom. The van der Waals surface area contributed by atoms with Gasteiger partial charge < -0.3 is 16.0 Å². The largest absolute Gasteiger partial charge is 0.373 e. The Morgan fingerprint density at radius 2 is 2.10 bits per heavy atom. The number of hydrogen-bond donors (Lipinski definition) is 3. The van der Waals surface area contributed by atoms with Crippen molar-refractivity contribution in [3.8, 4) is 0 Å². The summed E-state index contributed by atoms with van der Waals surface area (Å²) < 4.78 is 0. The first kappa shape index (κ1) is 14.6. The highest BCUT2D eigenvalue weighted by atomic mass is 16.2. The predicted molar refractivity (Wildman–Crippen MR) is 79.8 cm³/mol. The highest BCUT2D eigenvalue weighted by Gasteiger charge is 2.26. The third-order valence-corrected chi connectivity index (χ3v) is 3.35. The highest BCUT2D eigenvalue weighted by molar-refractivity contribution is 5.84. The topological polar surface area (TPSA) is 78.9 Å². The number of hydrogen-bond acceptors (Lipinski definition) is 5. The van der Waals surface area contributed by atoms with Gasteiger partial charge in [-0.1, -0.05) is 13.3 Å². The Hall–Kier alpha value is -1.85. The van der Waals surface area contributed by atoms with E-state index in [1.165, 1.54) is 6.33 Å². The van der Waals surface area contributed by atoms with Gasteiger partial charge in [-0.05, 0) is 26.2 Å². The Kier molecular flexibility index (Phi) is 4.76. The van der Waals surface area contributed by atoms with Gasteiger partial charge >= 0.3 is 0 Å². The Balaban J connectivity index is 2.08. The number of nitrogens with zero attached hydrogens (tertiary/aromatic N) is 2. The summed E-state index contributed by atoms with van der Waals surface area (Å²) in [5.41, 5.74) is 1.03. The van der Waals surface area contributed by atoms with E-state index in [4.69, 9.17) is 0 Å². The average Bonchev–Trinajstić information content (AvgIpc) is 3.24. The maximum absolute atomic E-state index is 12.0. The monoisotopic (exact) mass is 277 g/mol. The minimum Gasteiger partial charge on any atom is -0.373 e. The van der Waals surface area contributed by atoms with Crippen LogP contribution >= 0.6 is 0 Å². The van der Waals surface area contributed by atoms with Crippen molar-refractivity contribution in [3.63, 3.8) is 0 Å². The molecule has 1 aliphatic carbocycles. The number of rotatable bonds is 7. The van der Waals surface area contributed by atoms with Gasteiger partial charge in [0.2, 0.25) is 5.91 Å². The molecule has 110 valence electrons. The molecule has 1 heterocycles. The van der Waals surface area contributed by atoms with E-state index in [9.17, 15) is 4.79 Å². The third kappa shape index (κ3) is 3.59. The van der Waals surface area contributed by atoms with E-state index in [1.807, 2.05) is 14.0 Å². The first-order chi connectivity index (χ1) is 9.65. The lowest BCUT2D eigenvalue weighted by Crippen LogP contribution is -2.39. The zero-order valence-electron chi connectivity index (χ0n) is 12.4. The van der Waals surface area contributed by atoms with E-state index in [2.05, 4.69) is 32.8 Å². The summed E-state index contributed by atoms with van der Waals surface area (Å²) in [6.45, 7) is 3.97. The Morgan fingerprint density at radius 1 is 1.40 bits per heavy atom. The van der Waals surface area contributed by atoms with Crippen LogP contribution in [0.1, 0.15) is 38.7 Å². The maximum Gasteiger partial charge on any atom is 0.242 e. The van der Waals surface area contributed by atoms with Crippen LogP contribution in [0.15, 0.2) is 6.33 Å². The zero-order valence-corrected chi connectivity index (χ0v) is 12.4. The van der Waals surface area contributed by atoms with Crippen molar-refractivity contribution in [1.29, 1.82) is 0 Å². The molecule has 2 rings (SSSR count). The molecule has 0 bridgehead atoms. The predicted octanol–water partition coefficient (Wildman–Crippen LogP) is 1.55. The lowest BCUT2D eigenvalue weighted by molar-refractivity contribution is -0.121. The fraction of sp³-hybridized carbons (Fsp3) is 0.643. The number of anilines is 2. The number of nitrogens with one attached hydrogen (secondary N) is 3. The van der Waals surface area contributed by atoms with E-state index >= 15 is 0 Å². The number of amides is 1. The molecule has 20 heavy (non-hydrogen) atoms. The maximum atomic E-state index is 12.0. The quantitative estimate of drug-likeness (QED) is 0.704. The second-order valence-corrected chi connectivity index (χ2v) is 5.20. The summed E-state index contributed by atoms with van der Waals surface area (Å²) in [6.07, 6.45) is 5.57. The van der Waals surface area contributed by atoms with Crippen molar-refractivity contribution >= 4 is 17.5 Å². The van der Waals surface area contributed by atoms with Gasteiger partial charge in [0.05, 0.1) is 0 Å². The second kappa shape index (κ2) is 6.54. The van der Waals surface area contributed by atoms with Crippen LogP contribution in [0, 0.1) is 0 Å². The zero-order chi connectivity index (χ0) is 14.5. The molecule has 1 atom stereocenters. The van der Waals surface area contributed by atoms with Gasteiger partial charge in [-0.25, -0.2) is 9.97 Å². The molecular weight excluding hydrogens is 254 g/mol. The van der Waals surface area contributed by atoms with Gasteiger partial charge in [0.25, 0.3) is 0 Å². The molecule has 1 unspecified atom stereocenters. The summed E-state index contributed by atoms with van der Waals surface area (Å²) in [5, 5.41) is 9.27. The summed E-state index contributed by atoms with van der Waals surface area (Å²) >= 11 is 0. The van der Waals surface area contributed by atoms with Crippen molar-refractivity contribution in [2.75, 3.05) is 17.7 Å². The third-order valence-electron chi connectivity index (χ3n) is 3.35. The molecular formula is C14H23N5O. The van der Waals surface area contributed by atoms with Crippen molar-refractivity contribution in [2.45, 2.75) is 51.6 Å². The van der Waals surface area contributed by atoms with Gasteiger partial charge in [-0.15, -0.1) is 0 Å². The van der Waals surface area contributed by atoms with Crippen molar-refractivity contribution < 1.29 is 4.79 Å². The number of carbonyl (C=O) groups excluding carboxylic acids is 1. The molecule has 1 aromatic rings. The standard InChI is InChI=1S/C14H23N5O/c1-4-5-11-12(15-3)16-8-17-13(11)18-9(2)14(20)19-10-6-7-10/h8-10H,4-7H2,1-3H3,(H,19,20)(H2,15,16,17,18). The summed E-state index contributed by atoms with van der Waals surface area (Å²) in [4.78, 5) is 20.5. The van der Waals surface area contributed by atoms with E-state index < -0.39 is 0 Å². The molecule has 1 amide bonds. The molecule has 0 spiro atoms. The molecule has 0 aromatic carbocycles. The van der Waals surface area contributed by atoms with Crippen LogP contribution in [0.3, 0.4) is 0 Å². The fourth-order valence-electron chi connectivity index (χ4n) is 2.06. The number of carbonyl (C=O) groups is 1. The Labute approximate surface area is 119 Å². The van der Waals surface area contributed by atoms with Crippen LogP contribution in [0.4, 0.5) is 11.6 Å². The lowest BCUT2D eigenvalue weighted by atomic mass is 10.1. The summed E-state index contributed by atoms with van der Waals surface area (Å²) in [5.74, 6) is 1.59. The van der Waals surface area contributed by atoms with E-state index in [-0.39, 0.29) is 11.9 Å². The molecule has 6 heteroatoms. The van der Waals surface area contributed by atoms with Crippen LogP contribution in [-0.2, 0) is 11.2 Å². The van der Waals surface area contributed by atoms with Gasteiger partial charge in [0.15, 0.2) is 0 Å². The van der Waals surface area contributed by atoms with Crippen LogP contribution in [0.25, 0.3) is 0 Å². The van der Waals surface area contributed by atoms with Crippen LogP contribution < -0.4 is 16.0 Å². The highest BCUT2D eigenvalue weighted by Crippen LogP contribution is 2.22. The van der Waals surface area contributed by atoms with Gasteiger partial charge in [-0.2, -0.15) is 0 Å². The van der Waals surface area contributed by atoms with Crippen molar-refractivity contribution in [3.05, 3.63) is 11.9 Å². The summed E-state index contributed by atoms with van der Waals surface area (Å²) in [6, 6.07) is 0.0749. The van der Waals surface area contributed by atoms with Gasteiger partial charge in [0, 0.05) is 18.7 Å². The van der Waals surface area contributed by atoms with E-state index in [0.717, 1.165) is 42.9 Å². The first-order valence-electron chi connectivity index (χ1n) is 7.24. The van der Waals surface area contributed by atoms with Gasteiger partial charge in [0.1, 0.15) is 24.0 Å². The SMILES string of the molecule is CCCc1c(NC)ncnc1NC(C)C(=O)NC1CC1. The summed E-state index contributed by atoms with van der Waals surface area (Å²) in [7, 11) is 1.84. The molecule has 3 N–H and O–H groups in total. The normalized spacial score (nSPS) is 15.6. The van der Waals surface area contributed by atoms with E-state index in [0.29, 0.717) is 6.04 Å². The molecule has 0 saturated heterocycles. The fourth-order valence-corrected chi connectivity index (χ4v) is 2.06. The van der Waals surface area contributed by atoms with Crippen molar-refractivity contribution in [2.24, 2.45) is 0 Å². The van der Waals surface area contributed by atoms with Gasteiger partial charge in [-0.3, -0.25) is 4.79 Å². The first-order valence-corrected chi connectivity index (χ1v) is 7.24. The lowest BCUT2D eigenvalue weighted by Gasteiger charge is -2.18. The van der Waals surface area contributed by atoms with E-state index in [1.54, 1.807) is 0 Å². The molecule has 1 saturated carbocycles. The number of aromatic nitrogens is 2. The Bertz CT molecular complexity index is 473. The van der Waals surface area contributed by atoms with Crippen LogP contribution in [0.5, 0.6) is 0 Å². The van der Waals surface area contributed by atoms with Crippen molar-refractivity contribution in [1.82, 2.24) is 15.3 Å². The van der Waals surface area contributed by atoms with Crippen LogP contribution in [-0.4, -0.2) is 35.0 Å². The van der Waals surface area contributed by atoms with Crippen LogP contribution in [0.2, 0.25) is 0 Å². The average molecular weight is 277 g/mol. The molecule has 0 aliphatic heterocycles. The minimum absolute atomic E-state index is 0.0274. The smallest absolute Gasteiger partial charge is 0.242 e. The molecule has 6 nitrogen and oxygen atoms in total. The minimum atomic E-state index is -0.300. The molecule has 1 aliphatic rings. The molecule has 1 fully saturated rings. The second-order valence-electron chi connectivity index (χ2n) is 5.20. The molecule has 1 aromatic heterocycles.